The SMILES string of the molecule is CC(=O)c1c(C)c2cnc(Nc3ccc(N4CCN(C[C@H]5CCN(c6cccc7c6C(=O)N(C6CCC(=O)NC6=O)C7=O)C5)CC4)cn3)nc2n(C2CCCC2)c1=O. The van der Waals surface area contributed by atoms with Crippen LogP contribution in [0, 0.1) is 12.8 Å². The predicted octanol–water partition coefficient (Wildman–Crippen LogP) is 3.61. The average Bonchev–Trinajstić information content (AvgIpc) is 3.97. The van der Waals surface area contributed by atoms with Crippen molar-refractivity contribution in [3.8, 4) is 0 Å². The standard InChI is InChI=1S/C42H46N10O6/c1-24-30-21-44-42(47-37(30)51(27-6-3-4-7-27)40(57)35(24)25(2)53)45-33-12-10-28(20-43-33)49-18-16-48(17-19-49)22-26-14-15-50(23-26)31-9-5-8-29-36(31)41(58)52(39(29)56)32-11-13-34(54)46-38(32)55/h5,8-10,12,20-21,26-27,32H,3-4,6-7,11,13-19,22-23H2,1-2H3,(H,46,54,55)(H,43,44,45,47)/t26-,32?/m1/s1. The van der Waals surface area contributed by atoms with Crippen molar-refractivity contribution < 1.29 is 24.0 Å². The van der Waals surface area contributed by atoms with Crippen molar-refractivity contribution in [3.63, 3.8) is 0 Å². The Morgan fingerprint density at radius 3 is 2.40 bits per heavy atom. The number of amides is 4. The number of anilines is 4. The van der Waals surface area contributed by atoms with E-state index in [9.17, 15) is 28.8 Å². The van der Waals surface area contributed by atoms with Crippen molar-refractivity contribution in [2.75, 3.05) is 60.9 Å². The topological polar surface area (TPSA) is 183 Å². The number of piperazine rings is 1. The molecule has 0 bridgehead atoms. The number of nitrogens with zero attached hydrogens (tertiary/aromatic N) is 8. The van der Waals surface area contributed by atoms with E-state index in [1.807, 2.05) is 24.4 Å². The van der Waals surface area contributed by atoms with Crippen LogP contribution >= 0.6 is 0 Å². The van der Waals surface area contributed by atoms with E-state index in [0.29, 0.717) is 45.4 Å². The summed E-state index contributed by atoms with van der Waals surface area (Å²) in [4.78, 5) is 99.4. The number of rotatable bonds is 9. The molecule has 9 rings (SSSR count). The molecule has 4 fully saturated rings. The maximum atomic E-state index is 13.7. The van der Waals surface area contributed by atoms with Gasteiger partial charge in [0, 0.05) is 69.9 Å². The first-order valence-electron chi connectivity index (χ1n) is 20.3. The Balaban J connectivity index is 0.810. The van der Waals surface area contributed by atoms with E-state index >= 15 is 0 Å². The summed E-state index contributed by atoms with van der Waals surface area (Å²) in [5.41, 5.74) is 3.45. The second kappa shape index (κ2) is 15.0. The molecule has 4 aromatic rings. The Labute approximate surface area is 334 Å². The lowest BCUT2D eigenvalue weighted by atomic mass is 10.0. The summed E-state index contributed by atoms with van der Waals surface area (Å²) < 4.78 is 1.71. The van der Waals surface area contributed by atoms with Crippen LogP contribution in [0.3, 0.4) is 0 Å². The lowest BCUT2D eigenvalue weighted by Gasteiger charge is -2.37. The second-order valence-electron chi connectivity index (χ2n) is 16.2. The predicted molar refractivity (Wildman–Crippen MR) is 216 cm³/mol. The summed E-state index contributed by atoms with van der Waals surface area (Å²) in [6, 6.07) is 8.25. The van der Waals surface area contributed by atoms with E-state index in [1.165, 1.54) is 6.92 Å². The fourth-order valence-electron chi connectivity index (χ4n) is 9.59. The van der Waals surface area contributed by atoms with E-state index in [-0.39, 0.29) is 35.8 Å². The van der Waals surface area contributed by atoms with Crippen molar-refractivity contribution in [3.05, 3.63) is 75.3 Å². The second-order valence-corrected chi connectivity index (χ2v) is 16.2. The van der Waals surface area contributed by atoms with Gasteiger partial charge in [-0.3, -0.25) is 48.5 Å². The molecule has 1 aliphatic carbocycles. The Kier molecular flexibility index (Phi) is 9.74. The highest BCUT2D eigenvalue weighted by molar-refractivity contribution is 6.25. The molecule has 1 aromatic carbocycles. The molecule has 1 saturated carbocycles. The van der Waals surface area contributed by atoms with Crippen molar-refractivity contribution >= 4 is 63.6 Å². The molecule has 0 spiro atoms. The number of hydrogen-bond acceptors (Lipinski definition) is 13. The third-order valence-corrected chi connectivity index (χ3v) is 12.6. The number of aryl methyl sites for hydroxylation is 1. The van der Waals surface area contributed by atoms with Gasteiger partial charge in [-0.1, -0.05) is 18.9 Å². The number of pyridine rings is 2. The number of carbonyl (C=O) groups excluding carboxylic acids is 5. The minimum absolute atomic E-state index is 0.000957. The van der Waals surface area contributed by atoms with Gasteiger partial charge in [0.25, 0.3) is 17.4 Å². The molecule has 5 aliphatic rings. The summed E-state index contributed by atoms with van der Waals surface area (Å²) >= 11 is 0. The molecule has 2 N–H and O–H groups in total. The molecule has 4 aliphatic heterocycles. The number of hydrogen-bond donors (Lipinski definition) is 2. The Morgan fingerprint density at radius 2 is 1.67 bits per heavy atom. The van der Waals surface area contributed by atoms with E-state index < -0.39 is 29.7 Å². The number of benzene rings is 1. The smallest absolute Gasteiger partial charge is 0.264 e. The highest BCUT2D eigenvalue weighted by Crippen LogP contribution is 2.37. The molecule has 1 unspecified atom stereocenters. The van der Waals surface area contributed by atoms with Gasteiger partial charge in [0.2, 0.25) is 17.8 Å². The van der Waals surface area contributed by atoms with E-state index in [1.54, 1.807) is 29.8 Å². The molecule has 58 heavy (non-hydrogen) atoms. The van der Waals surface area contributed by atoms with Crippen molar-refractivity contribution in [2.45, 2.75) is 70.9 Å². The largest absolute Gasteiger partial charge is 0.371 e. The number of Topliss-reactive ketones (excluding diaryl/α,β-unsaturated/α-hetero) is 1. The van der Waals surface area contributed by atoms with Crippen LogP contribution in [-0.2, 0) is 9.59 Å². The Hall–Kier alpha value is -6.03. The van der Waals surface area contributed by atoms with Gasteiger partial charge in [-0.05, 0) is 75.3 Å². The lowest BCUT2D eigenvalue weighted by Crippen LogP contribution is -2.54. The third-order valence-electron chi connectivity index (χ3n) is 12.6. The Bertz CT molecular complexity index is 2420. The number of ketones is 1. The summed E-state index contributed by atoms with van der Waals surface area (Å²) in [5, 5.41) is 6.17. The van der Waals surface area contributed by atoms with Crippen LogP contribution < -0.4 is 26.0 Å². The summed E-state index contributed by atoms with van der Waals surface area (Å²) in [6.07, 6.45) is 8.51. The van der Waals surface area contributed by atoms with Gasteiger partial charge in [-0.15, -0.1) is 0 Å². The quantitative estimate of drug-likeness (QED) is 0.186. The molecule has 2 atom stereocenters. The molecule has 16 nitrogen and oxygen atoms in total. The molecule has 3 saturated heterocycles. The zero-order valence-corrected chi connectivity index (χ0v) is 32.7. The van der Waals surface area contributed by atoms with Crippen LogP contribution in [0.2, 0.25) is 0 Å². The maximum Gasteiger partial charge on any atom is 0.264 e. The summed E-state index contributed by atoms with van der Waals surface area (Å²) in [6.45, 7) is 9.13. The van der Waals surface area contributed by atoms with E-state index in [4.69, 9.17) is 4.98 Å². The highest BCUT2D eigenvalue weighted by Gasteiger charge is 2.46. The fraction of sp³-hybridized carbons (Fsp3) is 0.452. The normalized spacial score (nSPS) is 21.7. The van der Waals surface area contributed by atoms with Gasteiger partial charge in [-0.25, -0.2) is 9.97 Å². The summed E-state index contributed by atoms with van der Waals surface area (Å²) in [7, 11) is 0. The zero-order valence-electron chi connectivity index (χ0n) is 32.7. The lowest BCUT2D eigenvalue weighted by molar-refractivity contribution is -0.136. The van der Waals surface area contributed by atoms with Gasteiger partial charge in [0.15, 0.2) is 5.78 Å². The molecule has 16 heteroatoms. The first kappa shape index (κ1) is 37.5. The fourth-order valence-corrected chi connectivity index (χ4v) is 9.59. The van der Waals surface area contributed by atoms with Gasteiger partial charge in [-0.2, -0.15) is 4.98 Å². The highest BCUT2D eigenvalue weighted by atomic mass is 16.2. The molecule has 300 valence electrons. The number of nitrogens with one attached hydrogen (secondary N) is 2. The minimum atomic E-state index is -0.989. The average molecular weight is 787 g/mol. The van der Waals surface area contributed by atoms with Gasteiger partial charge >= 0.3 is 0 Å². The molecule has 4 amide bonds. The molecular weight excluding hydrogens is 741 g/mol. The number of imide groups is 2. The van der Waals surface area contributed by atoms with Gasteiger partial charge in [0.1, 0.15) is 17.5 Å². The number of fused-ring (bicyclic) bond motifs is 2. The maximum absolute atomic E-state index is 13.7. The third kappa shape index (κ3) is 6.68. The van der Waals surface area contributed by atoms with E-state index in [2.05, 4.69) is 35.3 Å². The van der Waals surface area contributed by atoms with Crippen LogP contribution in [0.1, 0.15) is 94.5 Å². The number of aromatic nitrogens is 4. The van der Waals surface area contributed by atoms with Crippen molar-refractivity contribution in [1.82, 2.24) is 34.6 Å². The van der Waals surface area contributed by atoms with Crippen LogP contribution in [0.25, 0.3) is 11.0 Å². The number of carbonyl (C=O) groups is 5. The number of piperidine rings is 1. The first-order chi connectivity index (χ1) is 28.0. The monoisotopic (exact) mass is 786 g/mol. The minimum Gasteiger partial charge on any atom is -0.371 e. The first-order valence-corrected chi connectivity index (χ1v) is 20.3. The molecule has 0 radical (unpaired) electrons. The van der Waals surface area contributed by atoms with Crippen molar-refractivity contribution in [1.29, 1.82) is 0 Å². The van der Waals surface area contributed by atoms with Crippen molar-refractivity contribution in [2.24, 2.45) is 5.92 Å². The van der Waals surface area contributed by atoms with Crippen LogP contribution in [0.15, 0.2) is 47.5 Å². The van der Waals surface area contributed by atoms with Crippen LogP contribution in [0.5, 0.6) is 0 Å². The van der Waals surface area contributed by atoms with Crippen LogP contribution in [-0.4, -0.2) is 111 Å². The van der Waals surface area contributed by atoms with E-state index in [0.717, 1.165) is 94.2 Å². The van der Waals surface area contributed by atoms with Gasteiger partial charge in [0.05, 0.1) is 34.3 Å². The summed E-state index contributed by atoms with van der Waals surface area (Å²) in [5.74, 6) is -0.918. The molecule has 7 heterocycles. The molecule has 3 aromatic heterocycles. The zero-order chi connectivity index (χ0) is 40.2. The van der Waals surface area contributed by atoms with Crippen LogP contribution in [0.4, 0.5) is 23.1 Å². The Morgan fingerprint density at radius 1 is 0.879 bits per heavy atom. The van der Waals surface area contributed by atoms with Gasteiger partial charge < -0.3 is 15.1 Å². The molecular formula is C42H46N10O6.